The Balaban J connectivity index is 2.06. The van der Waals surface area contributed by atoms with Crippen LogP contribution in [0.15, 0.2) is 18.2 Å². The number of rotatable bonds is 3. The third-order valence-corrected chi connectivity index (χ3v) is 2.97. The Bertz CT molecular complexity index is 533. The lowest BCUT2D eigenvalue weighted by atomic mass is 10.00. The Morgan fingerprint density at radius 2 is 2.05 bits per heavy atom. The van der Waals surface area contributed by atoms with Gasteiger partial charge in [0.2, 0.25) is 0 Å². The van der Waals surface area contributed by atoms with Gasteiger partial charge in [0, 0.05) is 19.2 Å². The quantitative estimate of drug-likeness (QED) is 0.746. The van der Waals surface area contributed by atoms with Crippen molar-refractivity contribution in [2.45, 2.75) is 38.9 Å². The highest BCUT2D eigenvalue weighted by Gasteiger charge is 2.34. The molecule has 1 heterocycles. The van der Waals surface area contributed by atoms with Crippen molar-refractivity contribution in [1.82, 2.24) is 5.32 Å². The number of carbonyl (C=O) groups is 1. The molecular formula is C15H22N2O4. The number of nitrogens with one attached hydrogen (secondary N) is 2. The van der Waals surface area contributed by atoms with E-state index in [4.69, 9.17) is 9.47 Å². The minimum atomic E-state index is -0.619. The second kappa shape index (κ2) is 5.44. The van der Waals surface area contributed by atoms with Gasteiger partial charge in [-0.2, -0.15) is 0 Å². The molecule has 1 amide bonds. The Hall–Kier alpha value is -1.95. The number of benzene rings is 1. The van der Waals surface area contributed by atoms with Gasteiger partial charge in [-0.1, -0.05) is 0 Å². The zero-order valence-electron chi connectivity index (χ0n) is 12.8. The lowest BCUT2D eigenvalue weighted by Crippen LogP contribution is -2.61. The highest BCUT2D eigenvalue weighted by Crippen LogP contribution is 2.31. The summed E-state index contributed by atoms with van der Waals surface area (Å²) in [5.74, 6) is 0.549. The van der Waals surface area contributed by atoms with Crippen LogP contribution in [0.3, 0.4) is 0 Å². The molecule has 0 atom stereocenters. The minimum Gasteiger partial charge on any atom is -0.506 e. The van der Waals surface area contributed by atoms with Gasteiger partial charge in [0.25, 0.3) is 0 Å². The van der Waals surface area contributed by atoms with Crippen molar-refractivity contribution in [2.75, 3.05) is 18.4 Å². The summed E-state index contributed by atoms with van der Waals surface area (Å²) in [6.07, 6.45) is -0.619. The summed E-state index contributed by atoms with van der Waals surface area (Å²) in [6.45, 7) is 8.85. The first-order valence-corrected chi connectivity index (χ1v) is 6.90. The maximum atomic E-state index is 11.7. The fourth-order valence-corrected chi connectivity index (χ4v) is 1.93. The van der Waals surface area contributed by atoms with Crippen molar-refractivity contribution < 1.29 is 19.4 Å². The highest BCUT2D eigenvalue weighted by atomic mass is 16.6. The van der Waals surface area contributed by atoms with Gasteiger partial charge in [-0.05, 0) is 39.8 Å². The van der Waals surface area contributed by atoms with Gasteiger partial charge in [-0.3, -0.25) is 5.32 Å². The summed E-state index contributed by atoms with van der Waals surface area (Å²) < 4.78 is 11.0. The fourth-order valence-electron chi connectivity index (χ4n) is 1.93. The van der Waals surface area contributed by atoms with E-state index in [0.717, 1.165) is 13.1 Å². The van der Waals surface area contributed by atoms with Crippen LogP contribution < -0.4 is 15.4 Å². The molecule has 1 fully saturated rings. The molecule has 116 valence electrons. The van der Waals surface area contributed by atoms with Crippen molar-refractivity contribution in [3.05, 3.63) is 18.2 Å². The number of phenols is 1. The molecule has 6 nitrogen and oxygen atoms in total. The highest BCUT2D eigenvalue weighted by molar-refractivity contribution is 5.87. The van der Waals surface area contributed by atoms with Crippen LogP contribution in [0.4, 0.5) is 10.5 Å². The van der Waals surface area contributed by atoms with Crippen molar-refractivity contribution >= 4 is 11.8 Å². The molecule has 2 rings (SSSR count). The zero-order chi connectivity index (χ0) is 15.7. The van der Waals surface area contributed by atoms with E-state index < -0.39 is 11.7 Å². The van der Waals surface area contributed by atoms with E-state index in [1.807, 2.05) is 6.92 Å². The number of phenolic OH excluding ortho intramolecular Hbond substituents is 1. The molecule has 0 unspecified atom stereocenters. The van der Waals surface area contributed by atoms with Crippen molar-refractivity contribution in [1.29, 1.82) is 0 Å². The summed E-state index contributed by atoms with van der Waals surface area (Å²) in [6, 6.07) is 4.74. The van der Waals surface area contributed by atoms with Crippen LogP contribution in [0.5, 0.6) is 11.5 Å². The molecule has 3 N–H and O–H groups in total. The lowest BCUT2D eigenvalue weighted by Gasteiger charge is -2.39. The van der Waals surface area contributed by atoms with Gasteiger partial charge < -0.3 is 19.9 Å². The molecule has 0 bridgehead atoms. The van der Waals surface area contributed by atoms with E-state index in [1.54, 1.807) is 32.9 Å². The molecule has 21 heavy (non-hydrogen) atoms. The van der Waals surface area contributed by atoms with Crippen molar-refractivity contribution in [2.24, 2.45) is 0 Å². The summed E-state index contributed by atoms with van der Waals surface area (Å²) in [5, 5.41) is 15.5. The third-order valence-electron chi connectivity index (χ3n) is 2.97. The van der Waals surface area contributed by atoms with Crippen LogP contribution in [0, 0.1) is 0 Å². The van der Waals surface area contributed by atoms with Crippen molar-refractivity contribution in [3.63, 3.8) is 0 Å². The molecule has 0 aliphatic carbocycles. The smallest absolute Gasteiger partial charge is 0.412 e. The number of hydrogen-bond acceptors (Lipinski definition) is 5. The first-order valence-electron chi connectivity index (χ1n) is 6.90. The number of carbonyl (C=O) groups excluding carboxylic acids is 1. The Morgan fingerprint density at radius 3 is 2.57 bits per heavy atom. The molecule has 1 saturated heterocycles. The molecule has 1 aliphatic rings. The predicted molar refractivity (Wildman–Crippen MR) is 79.9 cm³/mol. The number of ether oxygens (including phenoxy) is 2. The first kappa shape index (κ1) is 15.4. The molecular weight excluding hydrogens is 272 g/mol. The largest absolute Gasteiger partial charge is 0.506 e. The number of aromatic hydroxyl groups is 1. The Kier molecular flexibility index (Phi) is 4.00. The van der Waals surface area contributed by atoms with E-state index in [1.165, 1.54) is 6.07 Å². The van der Waals surface area contributed by atoms with E-state index in [9.17, 15) is 9.90 Å². The third kappa shape index (κ3) is 4.26. The molecule has 0 saturated carbocycles. The molecule has 1 aromatic rings. The topological polar surface area (TPSA) is 79.8 Å². The molecule has 6 heteroatoms. The van der Waals surface area contributed by atoms with Crippen LogP contribution >= 0.6 is 0 Å². The van der Waals surface area contributed by atoms with Crippen LogP contribution in [-0.4, -0.2) is 35.5 Å². The van der Waals surface area contributed by atoms with Gasteiger partial charge in [-0.25, -0.2) is 4.79 Å². The zero-order valence-corrected chi connectivity index (χ0v) is 12.8. The van der Waals surface area contributed by atoms with E-state index in [2.05, 4.69) is 10.6 Å². The second-order valence-corrected chi connectivity index (χ2v) is 6.46. The van der Waals surface area contributed by atoms with Gasteiger partial charge in [0.1, 0.15) is 22.7 Å². The van der Waals surface area contributed by atoms with E-state index in [-0.39, 0.29) is 17.0 Å². The normalized spacial score (nSPS) is 16.8. The average molecular weight is 294 g/mol. The number of amides is 1. The average Bonchev–Trinajstić information content (AvgIpc) is 2.29. The monoisotopic (exact) mass is 294 g/mol. The molecule has 0 spiro atoms. The van der Waals surface area contributed by atoms with Crippen LogP contribution in [0.2, 0.25) is 0 Å². The summed E-state index contributed by atoms with van der Waals surface area (Å²) in [5.41, 5.74) is -0.586. The SMILES string of the molecule is CC(C)(C)OC(=O)Nc1cc(OC2(C)CNC2)ccc1O. The molecule has 0 radical (unpaired) electrons. The fraction of sp³-hybridized carbons (Fsp3) is 0.533. The van der Waals surface area contributed by atoms with Crippen molar-refractivity contribution in [3.8, 4) is 11.5 Å². The lowest BCUT2D eigenvalue weighted by molar-refractivity contribution is 0.0349. The van der Waals surface area contributed by atoms with Crippen LogP contribution in [0.25, 0.3) is 0 Å². The predicted octanol–water partition coefficient (Wildman–Crippen LogP) is 2.48. The van der Waals surface area contributed by atoms with Crippen LogP contribution in [0.1, 0.15) is 27.7 Å². The van der Waals surface area contributed by atoms with Gasteiger partial charge in [0.15, 0.2) is 0 Å². The van der Waals surface area contributed by atoms with Gasteiger partial charge >= 0.3 is 6.09 Å². The van der Waals surface area contributed by atoms with Crippen LogP contribution in [-0.2, 0) is 4.74 Å². The van der Waals surface area contributed by atoms with Gasteiger partial charge in [-0.15, -0.1) is 0 Å². The molecule has 1 aromatic carbocycles. The summed E-state index contributed by atoms with van der Waals surface area (Å²) in [4.78, 5) is 11.7. The standard InChI is InChI=1S/C15H22N2O4/c1-14(2,3)21-13(19)17-11-7-10(5-6-12(11)18)20-15(4)8-16-9-15/h5-7,16,18H,8-9H2,1-4H3,(H,17,19). The summed E-state index contributed by atoms with van der Waals surface area (Å²) in [7, 11) is 0. The minimum absolute atomic E-state index is 0.0369. The maximum Gasteiger partial charge on any atom is 0.412 e. The number of hydrogen-bond donors (Lipinski definition) is 3. The second-order valence-electron chi connectivity index (χ2n) is 6.46. The number of anilines is 1. The Morgan fingerprint density at radius 1 is 1.38 bits per heavy atom. The summed E-state index contributed by atoms with van der Waals surface area (Å²) >= 11 is 0. The Labute approximate surface area is 124 Å². The maximum absolute atomic E-state index is 11.7. The molecule has 0 aromatic heterocycles. The first-order chi connectivity index (χ1) is 9.67. The van der Waals surface area contributed by atoms with Gasteiger partial charge in [0.05, 0.1) is 5.69 Å². The van der Waals surface area contributed by atoms with E-state index in [0.29, 0.717) is 5.75 Å². The van der Waals surface area contributed by atoms with E-state index >= 15 is 0 Å². The molecule has 1 aliphatic heterocycles.